The van der Waals surface area contributed by atoms with Crippen LogP contribution in [0.5, 0.6) is 5.75 Å². The second-order valence-electron chi connectivity index (χ2n) is 3.57. The maximum Gasteiger partial charge on any atom is 0.251 e. The molecule has 0 spiro atoms. The van der Waals surface area contributed by atoms with Crippen LogP contribution in [0.15, 0.2) is 24.5 Å². The zero-order chi connectivity index (χ0) is 13.0. The van der Waals surface area contributed by atoms with Crippen LogP contribution in [0.3, 0.4) is 0 Å². The number of carbonyl (C=O) groups excluding carboxylic acids is 1. The number of anilines is 1. The fraction of sp³-hybridized carbons (Fsp3) is 0.182. The highest BCUT2D eigenvalue weighted by Gasteiger charge is 2.08. The van der Waals surface area contributed by atoms with Crippen molar-refractivity contribution in [1.29, 1.82) is 0 Å². The van der Waals surface area contributed by atoms with E-state index in [9.17, 15) is 4.79 Å². The van der Waals surface area contributed by atoms with E-state index in [1.165, 1.54) is 13.4 Å². The zero-order valence-electron chi connectivity index (χ0n) is 9.80. The Hall–Kier alpha value is -2.57. The maximum atomic E-state index is 11.8. The van der Waals surface area contributed by atoms with Gasteiger partial charge < -0.3 is 15.8 Å². The van der Waals surface area contributed by atoms with Crippen molar-refractivity contribution < 1.29 is 9.53 Å². The molecule has 0 unspecified atom stereocenters. The summed E-state index contributed by atoms with van der Waals surface area (Å²) < 4.78 is 5.02. The molecule has 0 bridgehead atoms. The Labute approximate surface area is 103 Å². The average molecular weight is 247 g/mol. The maximum absolute atomic E-state index is 11.8. The summed E-state index contributed by atoms with van der Waals surface area (Å²) in [7, 11) is 1.52. The highest BCUT2D eigenvalue weighted by Crippen LogP contribution is 2.21. The van der Waals surface area contributed by atoms with E-state index < -0.39 is 0 Å². The van der Waals surface area contributed by atoms with Gasteiger partial charge in [-0.15, -0.1) is 0 Å². The smallest absolute Gasteiger partial charge is 0.251 e. The molecule has 4 N–H and O–H groups in total. The minimum absolute atomic E-state index is 0.235. The van der Waals surface area contributed by atoms with Gasteiger partial charge >= 0.3 is 0 Å². The first-order valence-electron chi connectivity index (χ1n) is 5.26. The third-order valence-corrected chi connectivity index (χ3v) is 2.37. The van der Waals surface area contributed by atoms with Gasteiger partial charge in [-0.3, -0.25) is 9.89 Å². The number of nitrogens with two attached hydrogens (primary N) is 1. The minimum Gasteiger partial charge on any atom is -0.495 e. The van der Waals surface area contributed by atoms with Crippen LogP contribution in [0, 0.1) is 0 Å². The number of amides is 1. The lowest BCUT2D eigenvalue weighted by atomic mass is 10.2. The van der Waals surface area contributed by atoms with Crippen molar-refractivity contribution in [1.82, 2.24) is 20.5 Å². The molecule has 7 heteroatoms. The molecule has 0 aliphatic carbocycles. The van der Waals surface area contributed by atoms with Crippen molar-refractivity contribution in [3.8, 4) is 5.75 Å². The third-order valence-electron chi connectivity index (χ3n) is 2.37. The molecule has 7 nitrogen and oxygen atoms in total. The minimum atomic E-state index is -0.235. The monoisotopic (exact) mass is 247 g/mol. The SMILES string of the molecule is COc1ccc(C(=O)NCc2ncn[nH]2)cc1N. The van der Waals surface area contributed by atoms with E-state index in [-0.39, 0.29) is 12.5 Å². The Morgan fingerprint density at radius 3 is 3.00 bits per heavy atom. The van der Waals surface area contributed by atoms with Crippen molar-refractivity contribution in [3.63, 3.8) is 0 Å². The number of rotatable bonds is 4. The second-order valence-corrected chi connectivity index (χ2v) is 3.57. The topological polar surface area (TPSA) is 106 Å². The molecule has 1 heterocycles. The highest BCUT2D eigenvalue weighted by molar-refractivity contribution is 5.95. The summed E-state index contributed by atoms with van der Waals surface area (Å²) >= 11 is 0. The molecule has 0 saturated heterocycles. The van der Waals surface area contributed by atoms with Gasteiger partial charge in [0.05, 0.1) is 19.3 Å². The Bertz CT molecular complexity index is 538. The molecular formula is C11H13N5O2. The first-order valence-corrected chi connectivity index (χ1v) is 5.26. The van der Waals surface area contributed by atoms with Crippen LogP contribution in [0.1, 0.15) is 16.2 Å². The Morgan fingerprint density at radius 2 is 2.39 bits per heavy atom. The van der Waals surface area contributed by atoms with Gasteiger partial charge in [-0.1, -0.05) is 0 Å². The van der Waals surface area contributed by atoms with Gasteiger partial charge in [0.15, 0.2) is 0 Å². The van der Waals surface area contributed by atoms with E-state index in [4.69, 9.17) is 10.5 Å². The van der Waals surface area contributed by atoms with Gasteiger partial charge in [0, 0.05) is 5.56 Å². The summed E-state index contributed by atoms with van der Waals surface area (Å²) in [5, 5.41) is 9.04. The summed E-state index contributed by atoms with van der Waals surface area (Å²) in [5.74, 6) is 0.896. The largest absolute Gasteiger partial charge is 0.495 e. The van der Waals surface area contributed by atoms with Gasteiger partial charge in [0.2, 0.25) is 0 Å². The molecule has 94 valence electrons. The van der Waals surface area contributed by atoms with Gasteiger partial charge in [-0.25, -0.2) is 4.98 Å². The molecule has 0 radical (unpaired) electrons. The number of aromatic amines is 1. The van der Waals surface area contributed by atoms with E-state index in [0.29, 0.717) is 22.8 Å². The molecule has 0 aliphatic rings. The number of ether oxygens (including phenoxy) is 1. The lowest BCUT2D eigenvalue weighted by Gasteiger charge is -2.07. The van der Waals surface area contributed by atoms with Crippen molar-refractivity contribution in [3.05, 3.63) is 35.9 Å². The van der Waals surface area contributed by atoms with E-state index in [0.717, 1.165) is 0 Å². The molecule has 2 aromatic rings. The Kier molecular flexibility index (Phi) is 3.42. The quantitative estimate of drug-likeness (QED) is 0.675. The normalized spacial score (nSPS) is 10.1. The molecule has 1 amide bonds. The van der Waals surface area contributed by atoms with Crippen LogP contribution in [0.25, 0.3) is 0 Å². The predicted molar refractivity (Wildman–Crippen MR) is 65.0 cm³/mol. The van der Waals surface area contributed by atoms with Crippen LogP contribution in [0.2, 0.25) is 0 Å². The first kappa shape index (κ1) is 11.9. The van der Waals surface area contributed by atoms with E-state index in [2.05, 4.69) is 20.5 Å². The number of nitrogens with one attached hydrogen (secondary N) is 2. The standard InChI is InChI=1S/C11H13N5O2/c1-18-9-3-2-7(4-8(9)12)11(17)13-5-10-14-6-15-16-10/h2-4,6H,5,12H2,1H3,(H,13,17)(H,14,15,16). The number of methoxy groups -OCH3 is 1. The fourth-order valence-corrected chi connectivity index (χ4v) is 1.46. The average Bonchev–Trinajstić information content (AvgIpc) is 2.89. The predicted octanol–water partition coefficient (Wildman–Crippen LogP) is 0.325. The number of benzene rings is 1. The van der Waals surface area contributed by atoms with Crippen molar-refractivity contribution >= 4 is 11.6 Å². The summed E-state index contributed by atoms with van der Waals surface area (Å²) in [4.78, 5) is 15.7. The molecular weight excluding hydrogens is 234 g/mol. The summed E-state index contributed by atoms with van der Waals surface area (Å²) in [6.07, 6.45) is 1.38. The Balaban J connectivity index is 2.02. The van der Waals surface area contributed by atoms with Crippen LogP contribution in [0.4, 0.5) is 5.69 Å². The van der Waals surface area contributed by atoms with Gasteiger partial charge in [-0.05, 0) is 18.2 Å². The van der Waals surface area contributed by atoms with Crippen molar-refractivity contribution in [2.45, 2.75) is 6.54 Å². The number of hydrogen-bond donors (Lipinski definition) is 3. The molecule has 0 atom stereocenters. The second kappa shape index (κ2) is 5.17. The van der Waals surface area contributed by atoms with E-state index >= 15 is 0 Å². The van der Waals surface area contributed by atoms with E-state index in [1.54, 1.807) is 18.2 Å². The summed E-state index contributed by atoms with van der Waals surface area (Å²) in [6, 6.07) is 4.86. The lowest BCUT2D eigenvalue weighted by Crippen LogP contribution is -2.23. The van der Waals surface area contributed by atoms with Gasteiger partial charge in [0.1, 0.15) is 17.9 Å². The van der Waals surface area contributed by atoms with Crippen molar-refractivity contribution in [2.24, 2.45) is 0 Å². The third kappa shape index (κ3) is 2.57. The van der Waals surface area contributed by atoms with Crippen LogP contribution >= 0.6 is 0 Å². The molecule has 18 heavy (non-hydrogen) atoms. The fourth-order valence-electron chi connectivity index (χ4n) is 1.46. The van der Waals surface area contributed by atoms with Crippen molar-refractivity contribution in [2.75, 3.05) is 12.8 Å². The van der Waals surface area contributed by atoms with Gasteiger partial charge in [0.25, 0.3) is 5.91 Å². The number of aromatic nitrogens is 3. The lowest BCUT2D eigenvalue weighted by molar-refractivity contribution is 0.0950. The molecule has 1 aromatic carbocycles. The molecule has 0 fully saturated rings. The number of nitrogens with zero attached hydrogens (tertiary/aromatic N) is 2. The number of nitrogen functional groups attached to an aromatic ring is 1. The first-order chi connectivity index (χ1) is 8.70. The van der Waals surface area contributed by atoms with Crippen LogP contribution in [-0.4, -0.2) is 28.2 Å². The molecule has 0 aliphatic heterocycles. The van der Waals surface area contributed by atoms with E-state index in [1.807, 2.05) is 0 Å². The number of H-pyrrole nitrogens is 1. The van der Waals surface area contributed by atoms with Crippen LogP contribution < -0.4 is 15.8 Å². The van der Waals surface area contributed by atoms with Gasteiger partial charge in [-0.2, -0.15) is 5.10 Å². The highest BCUT2D eigenvalue weighted by atomic mass is 16.5. The van der Waals surface area contributed by atoms with Crippen LogP contribution in [-0.2, 0) is 6.54 Å². The number of hydrogen-bond acceptors (Lipinski definition) is 5. The molecule has 2 rings (SSSR count). The molecule has 1 aromatic heterocycles. The zero-order valence-corrected chi connectivity index (χ0v) is 9.80. The molecule has 0 saturated carbocycles. The summed E-state index contributed by atoms with van der Waals surface area (Å²) in [6.45, 7) is 0.283. The Morgan fingerprint density at radius 1 is 1.56 bits per heavy atom. The summed E-state index contributed by atoms with van der Waals surface area (Å²) in [5.41, 5.74) is 6.61. The number of carbonyl (C=O) groups is 1.